The molecule has 20 heavy (non-hydrogen) atoms. The zero-order valence-corrected chi connectivity index (χ0v) is 18.5. The van der Waals surface area contributed by atoms with Crippen LogP contribution in [-0.2, 0) is 8.92 Å². The fraction of sp³-hybridized carbons (Fsp3) is 1.00. The molecular weight excluding hydrogens is 343 g/mol. The zero-order valence-electron chi connectivity index (χ0n) is 14.0. The summed E-state index contributed by atoms with van der Waals surface area (Å²) in [5, 5.41) is 0. The van der Waals surface area contributed by atoms with E-state index in [0.717, 1.165) is 0 Å². The summed E-state index contributed by atoms with van der Waals surface area (Å²) in [6.07, 6.45) is 8.32. The van der Waals surface area contributed by atoms with E-state index in [2.05, 4.69) is 39.7 Å². The summed E-state index contributed by atoms with van der Waals surface area (Å²) in [7, 11) is -3.81. The Morgan fingerprint density at radius 1 is 0.800 bits per heavy atom. The van der Waals surface area contributed by atoms with Crippen LogP contribution in [0, 0.1) is 0 Å². The van der Waals surface area contributed by atoms with E-state index in [1.807, 2.05) is 0 Å². The summed E-state index contributed by atoms with van der Waals surface area (Å²) in [5.41, 5.74) is 0. The molecule has 0 N–H and O–H groups in total. The van der Waals surface area contributed by atoms with Crippen molar-refractivity contribution in [1.29, 1.82) is 0 Å². The minimum absolute atomic E-state index is 1.14. The maximum atomic E-state index is 8.40. The summed E-state index contributed by atoms with van der Waals surface area (Å²) in [5.74, 6) is 0. The van der Waals surface area contributed by atoms with Crippen molar-refractivity contribution in [3.8, 4) is 0 Å². The Hall–Kier alpha value is 0.831. The highest BCUT2D eigenvalue weighted by atomic mass is 35.6. The second-order valence-electron chi connectivity index (χ2n) is 6.39. The van der Waals surface area contributed by atoms with Crippen LogP contribution in [0.5, 0.6) is 0 Å². The Kier molecular flexibility index (Phi) is 20.9. The van der Waals surface area contributed by atoms with E-state index in [1.54, 1.807) is 0 Å². The molecule has 0 aliphatic carbocycles. The second-order valence-corrected chi connectivity index (χ2v) is 21.1. The fourth-order valence-corrected chi connectivity index (χ4v) is 2.82. The maximum Gasteiger partial charge on any atom is 0.549 e. The number of hydrogen-bond donors (Lipinski definition) is 0. The summed E-state index contributed by atoms with van der Waals surface area (Å²) >= 11 is 11.9. The van der Waals surface area contributed by atoms with Crippen LogP contribution < -0.4 is 0 Å². The number of rotatable bonds is 7. The van der Waals surface area contributed by atoms with Crippen LogP contribution in [0.25, 0.3) is 0 Å². The molecule has 0 heterocycles. The molecule has 0 aromatic rings. The highest BCUT2D eigenvalue weighted by Crippen LogP contribution is 2.18. The summed E-state index contributed by atoms with van der Waals surface area (Å²) < 4.78 is 16.8. The molecular formula is C13H32Cl2O2Si3. The molecule has 0 aliphatic heterocycles. The minimum Gasteiger partial charge on any atom is -0.274 e. The van der Waals surface area contributed by atoms with Crippen molar-refractivity contribution >= 4 is 46.2 Å². The molecule has 0 fully saturated rings. The molecule has 0 bridgehead atoms. The third-order valence-electron chi connectivity index (χ3n) is 2.12. The third kappa shape index (κ3) is 61.9. The lowest BCUT2D eigenvalue weighted by atomic mass is 10.1. The smallest absolute Gasteiger partial charge is 0.274 e. The van der Waals surface area contributed by atoms with Gasteiger partial charge >= 0.3 is 9.29 Å². The topological polar surface area (TPSA) is 34.1 Å². The molecule has 0 aromatic carbocycles. The molecule has 0 atom stereocenters. The van der Waals surface area contributed by atoms with Gasteiger partial charge < -0.3 is 0 Å². The van der Waals surface area contributed by atoms with Gasteiger partial charge in [0.1, 0.15) is 14.8 Å². The lowest BCUT2D eigenvalue weighted by Gasteiger charge is -2.11. The highest BCUT2D eigenvalue weighted by Gasteiger charge is 2.15. The number of unbranched alkanes of at least 4 members (excludes halogenated alkanes) is 5. The average molecular weight is 376 g/mol. The van der Waals surface area contributed by atoms with Gasteiger partial charge in [-0.1, -0.05) is 78.2 Å². The highest BCUT2D eigenvalue weighted by molar-refractivity contribution is 7.19. The lowest BCUT2D eigenvalue weighted by molar-refractivity contribution is 0.497. The maximum absolute atomic E-state index is 8.40. The van der Waals surface area contributed by atoms with Crippen molar-refractivity contribution < 1.29 is 8.92 Å². The minimum atomic E-state index is -1.42. The van der Waals surface area contributed by atoms with Crippen LogP contribution in [0.2, 0.25) is 38.8 Å². The van der Waals surface area contributed by atoms with Crippen molar-refractivity contribution in [3.05, 3.63) is 0 Å². The van der Waals surface area contributed by atoms with Crippen LogP contribution in [0.4, 0.5) is 0 Å². The normalized spacial score (nSPS) is 10.6. The molecule has 0 saturated heterocycles. The van der Waals surface area contributed by atoms with Crippen LogP contribution in [0.1, 0.15) is 45.4 Å². The summed E-state index contributed by atoms with van der Waals surface area (Å²) in [6.45, 7) is 13.0. The van der Waals surface area contributed by atoms with Gasteiger partial charge in [0.15, 0.2) is 0 Å². The average Bonchev–Trinajstić information content (AvgIpc) is 2.20. The first-order valence-electron chi connectivity index (χ1n) is 7.35. The number of halogens is 2. The first-order chi connectivity index (χ1) is 8.97. The van der Waals surface area contributed by atoms with E-state index < -0.39 is 24.1 Å². The molecule has 0 amide bonds. The van der Waals surface area contributed by atoms with E-state index in [9.17, 15) is 0 Å². The van der Waals surface area contributed by atoms with Gasteiger partial charge in [0, 0.05) is 0 Å². The van der Waals surface area contributed by atoms with Crippen molar-refractivity contribution in [1.82, 2.24) is 0 Å². The van der Waals surface area contributed by atoms with Gasteiger partial charge in [-0.3, -0.25) is 8.92 Å². The zero-order chi connectivity index (χ0) is 16.7. The quantitative estimate of drug-likeness (QED) is 0.300. The summed E-state index contributed by atoms with van der Waals surface area (Å²) in [6, 6.07) is 1.29. The number of hydrogen-bond acceptors (Lipinski definition) is 2. The van der Waals surface area contributed by atoms with Gasteiger partial charge in [0.2, 0.25) is 0 Å². The van der Waals surface area contributed by atoms with Crippen molar-refractivity contribution in [2.45, 2.75) is 84.2 Å². The molecule has 0 radical (unpaired) electrons. The van der Waals surface area contributed by atoms with Gasteiger partial charge in [-0.15, -0.1) is 0 Å². The molecule has 0 saturated carbocycles. The molecule has 0 aromatic heterocycles. The first-order valence-corrected chi connectivity index (χ1v) is 16.9. The van der Waals surface area contributed by atoms with Crippen LogP contribution in [-0.4, -0.2) is 24.1 Å². The van der Waals surface area contributed by atoms with E-state index in [-0.39, 0.29) is 0 Å². The van der Waals surface area contributed by atoms with E-state index >= 15 is 0 Å². The van der Waals surface area contributed by atoms with Crippen LogP contribution in [0.15, 0.2) is 0 Å². The Labute approximate surface area is 139 Å². The Morgan fingerprint density at radius 2 is 1.10 bits per heavy atom. The molecule has 0 rings (SSSR count). The SMILES string of the molecule is CCCCCCCC[Si](C)(C)Cl.C[Si](C)(C)Cl.O=[Si]=O. The molecule has 0 aliphatic rings. The van der Waals surface area contributed by atoms with E-state index in [1.165, 1.54) is 44.6 Å². The second kappa shape index (κ2) is 16.2. The van der Waals surface area contributed by atoms with Gasteiger partial charge in [0.05, 0.1) is 0 Å². The predicted octanol–water partition coefficient (Wildman–Crippen LogP) is 6.23. The largest absolute Gasteiger partial charge is 0.549 e. The van der Waals surface area contributed by atoms with Gasteiger partial charge in [-0.2, -0.15) is 22.2 Å². The monoisotopic (exact) mass is 374 g/mol. The molecule has 122 valence electrons. The molecule has 7 heteroatoms. The molecule has 2 nitrogen and oxygen atoms in total. The fourth-order valence-electron chi connectivity index (χ4n) is 1.33. The standard InChI is InChI=1S/C10H23ClSi.C3H9ClSi.O2Si/c1-4-5-6-7-8-9-10-12(2,3)11;1-5(2,3)4;1-3-2/h4-10H2,1-3H3;1-3H3;. The Balaban J connectivity index is -0.000000299. The first kappa shape index (κ1) is 25.8. The molecule has 0 spiro atoms. The molecule has 0 unspecified atom stereocenters. The van der Waals surface area contributed by atoms with Gasteiger partial charge in [0.25, 0.3) is 0 Å². The van der Waals surface area contributed by atoms with Crippen molar-refractivity contribution in [2.24, 2.45) is 0 Å². The van der Waals surface area contributed by atoms with Gasteiger partial charge in [-0.25, -0.2) is 0 Å². The summed E-state index contributed by atoms with van der Waals surface area (Å²) in [4.78, 5) is 0. The van der Waals surface area contributed by atoms with Crippen LogP contribution >= 0.6 is 22.2 Å². The van der Waals surface area contributed by atoms with Crippen LogP contribution in [0.3, 0.4) is 0 Å². The third-order valence-corrected chi connectivity index (χ3v) is 4.23. The Morgan fingerprint density at radius 3 is 1.40 bits per heavy atom. The predicted molar refractivity (Wildman–Crippen MR) is 97.8 cm³/mol. The lowest BCUT2D eigenvalue weighted by Crippen LogP contribution is -2.14. The van der Waals surface area contributed by atoms with Gasteiger partial charge in [-0.05, 0) is 6.04 Å². The van der Waals surface area contributed by atoms with Crippen molar-refractivity contribution in [3.63, 3.8) is 0 Å². The van der Waals surface area contributed by atoms with E-state index in [0.29, 0.717) is 0 Å². The van der Waals surface area contributed by atoms with Crippen molar-refractivity contribution in [2.75, 3.05) is 0 Å². The Bertz CT molecular complexity index is 227. The van der Waals surface area contributed by atoms with E-state index in [4.69, 9.17) is 31.1 Å².